The van der Waals surface area contributed by atoms with E-state index in [-0.39, 0.29) is 37.9 Å². The van der Waals surface area contributed by atoms with Gasteiger partial charge in [-0.2, -0.15) is 0 Å². The fraction of sp³-hybridized carbons (Fsp3) is 0.318. The fourth-order valence-electron chi connectivity index (χ4n) is 2.89. The van der Waals surface area contributed by atoms with Gasteiger partial charge in [0.15, 0.2) is 0 Å². The first-order chi connectivity index (χ1) is 13.4. The molecule has 0 atom stereocenters. The van der Waals surface area contributed by atoms with E-state index in [1.54, 1.807) is 31.2 Å². The molecular formula is C22H26N2O4. The van der Waals surface area contributed by atoms with Gasteiger partial charge in [-0.1, -0.05) is 36.4 Å². The van der Waals surface area contributed by atoms with Crippen LogP contribution in [0.4, 0.5) is 5.69 Å². The zero-order valence-corrected chi connectivity index (χ0v) is 16.5. The number of hydrogen-bond donors (Lipinski definition) is 1. The Morgan fingerprint density at radius 1 is 1.04 bits per heavy atom. The number of carbonyl (C=O) groups excluding carboxylic acids is 3. The molecule has 6 nitrogen and oxygen atoms in total. The van der Waals surface area contributed by atoms with Crippen LogP contribution in [0, 0.1) is 6.92 Å². The van der Waals surface area contributed by atoms with Crippen molar-refractivity contribution in [2.75, 3.05) is 24.6 Å². The summed E-state index contributed by atoms with van der Waals surface area (Å²) >= 11 is 0. The molecule has 28 heavy (non-hydrogen) atoms. The monoisotopic (exact) mass is 382 g/mol. The molecule has 0 saturated carbocycles. The van der Waals surface area contributed by atoms with Crippen LogP contribution in [0.15, 0.2) is 48.5 Å². The van der Waals surface area contributed by atoms with Gasteiger partial charge in [-0.25, -0.2) is 4.79 Å². The zero-order chi connectivity index (χ0) is 20.5. The van der Waals surface area contributed by atoms with E-state index in [1.165, 1.54) is 11.8 Å². The summed E-state index contributed by atoms with van der Waals surface area (Å²) in [5, 5.41) is 2.84. The summed E-state index contributed by atoms with van der Waals surface area (Å²) in [5.41, 5.74) is 2.83. The van der Waals surface area contributed by atoms with Gasteiger partial charge in [-0.15, -0.1) is 0 Å². The summed E-state index contributed by atoms with van der Waals surface area (Å²) in [7, 11) is 0. The number of carbonyl (C=O) groups is 3. The number of nitrogens with zero attached hydrogens (tertiary/aromatic N) is 1. The second kappa shape index (κ2) is 10.3. The molecule has 0 aliphatic carbocycles. The summed E-state index contributed by atoms with van der Waals surface area (Å²) in [6.45, 7) is 5.91. The Morgan fingerprint density at radius 3 is 2.39 bits per heavy atom. The lowest BCUT2D eigenvalue weighted by atomic mass is 10.1. The maximum absolute atomic E-state index is 12.2. The van der Waals surface area contributed by atoms with Crippen LogP contribution < -0.4 is 10.2 Å². The average molecular weight is 382 g/mol. The third kappa shape index (κ3) is 5.67. The normalized spacial score (nSPS) is 10.2. The van der Waals surface area contributed by atoms with Crippen LogP contribution in [0.25, 0.3) is 0 Å². The third-order valence-corrected chi connectivity index (χ3v) is 4.34. The number of aryl methyl sites for hydroxylation is 1. The molecule has 6 heteroatoms. The molecule has 2 aromatic carbocycles. The molecule has 0 aromatic heterocycles. The molecule has 0 spiro atoms. The molecule has 148 valence electrons. The highest BCUT2D eigenvalue weighted by atomic mass is 16.5. The van der Waals surface area contributed by atoms with Crippen LogP contribution in [0.5, 0.6) is 0 Å². The van der Waals surface area contributed by atoms with Crippen LogP contribution >= 0.6 is 0 Å². The van der Waals surface area contributed by atoms with Crippen molar-refractivity contribution in [2.24, 2.45) is 0 Å². The summed E-state index contributed by atoms with van der Waals surface area (Å²) in [4.78, 5) is 38.0. The number of ether oxygens (including phenoxy) is 1. The van der Waals surface area contributed by atoms with Gasteiger partial charge in [-0.3, -0.25) is 9.59 Å². The molecule has 2 rings (SSSR count). The number of anilines is 1. The lowest BCUT2D eigenvalue weighted by molar-refractivity contribution is -0.121. The molecule has 0 bridgehead atoms. The topological polar surface area (TPSA) is 75.7 Å². The average Bonchev–Trinajstić information content (AvgIpc) is 2.67. The van der Waals surface area contributed by atoms with Crippen LogP contribution in [-0.4, -0.2) is 37.5 Å². The third-order valence-electron chi connectivity index (χ3n) is 4.34. The molecule has 0 fully saturated rings. The van der Waals surface area contributed by atoms with E-state index in [2.05, 4.69) is 5.32 Å². The number of para-hydroxylation sites is 1. The molecule has 0 saturated heterocycles. The molecular weight excluding hydrogens is 356 g/mol. The fourth-order valence-corrected chi connectivity index (χ4v) is 2.89. The summed E-state index contributed by atoms with van der Waals surface area (Å²) in [6.07, 6.45) is 0.284. The first-order valence-electron chi connectivity index (χ1n) is 9.29. The van der Waals surface area contributed by atoms with Crippen molar-refractivity contribution in [1.29, 1.82) is 0 Å². The number of amides is 2. The van der Waals surface area contributed by atoms with Crippen LogP contribution in [-0.2, 0) is 20.7 Å². The van der Waals surface area contributed by atoms with E-state index in [0.717, 1.165) is 11.1 Å². The van der Waals surface area contributed by atoms with Gasteiger partial charge in [0, 0.05) is 20.0 Å². The molecule has 1 N–H and O–H groups in total. The Morgan fingerprint density at radius 2 is 1.71 bits per heavy atom. The molecule has 0 unspecified atom stereocenters. The minimum absolute atomic E-state index is 0.114. The summed E-state index contributed by atoms with van der Waals surface area (Å²) < 4.78 is 5.07. The SMILES string of the molecule is CCOC(=O)c1ccccc1N(CCNC(=O)Cc1ccccc1C)C(C)=O. The van der Waals surface area contributed by atoms with Crippen LogP contribution in [0.3, 0.4) is 0 Å². The van der Waals surface area contributed by atoms with E-state index in [1.807, 2.05) is 31.2 Å². The maximum Gasteiger partial charge on any atom is 0.340 e. The van der Waals surface area contributed by atoms with Gasteiger partial charge in [0.25, 0.3) is 0 Å². The first kappa shape index (κ1) is 21.2. The van der Waals surface area contributed by atoms with Crippen molar-refractivity contribution in [3.05, 3.63) is 65.2 Å². The van der Waals surface area contributed by atoms with E-state index < -0.39 is 5.97 Å². The minimum Gasteiger partial charge on any atom is -0.462 e. The van der Waals surface area contributed by atoms with E-state index in [9.17, 15) is 14.4 Å². The molecule has 0 radical (unpaired) electrons. The lowest BCUT2D eigenvalue weighted by Crippen LogP contribution is -2.38. The van der Waals surface area contributed by atoms with E-state index in [0.29, 0.717) is 11.3 Å². The zero-order valence-electron chi connectivity index (χ0n) is 16.5. The molecule has 2 amide bonds. The lowest BCUT2D eigenvalue weighted by Gasteiger charge is -2.23. The Kier molecular flexibility index (Phi) is 7.75. The first-order valence-corrected chi connectivity index (χ1v) is 9.29. The molecule has 0 aliphatic heterocycles. The number of rotatable bonds is 8. The Balaban J connectivity index is 2.03. The quantitative estimate of drug-likeness (QED) is 0.713. The van der Waals surface area contributed by atoms with Gasteiger partial charge in [-0.05, 0) is 37.1 Å². The van der Waals surface area contributed by atoms with Crippen LogP contribution in [0.1, 0.15) is 35.3 Å². The van der Waals surface area contributed by atoms with Gasteiger partial charge in [0.1, 0.15) is 0 Å². The van der Waals surface area contributed by atoms with Crippen molar-refractivity contribution in [2.45, 2.75) is 27.2 Å². The smallest absolute Gasteiger partial charge is 0.340 e. The highest BCUT2D eigenvalue weighted by molar-refractivity contribution is 6.02. The van der Waals surface area contributed by atoms with Crippen molar-refractivity contribution in [3.63, 3.8) is 0 Å². The predicted octanol–water partition coefficient (Wildman–Crippen LogP) is 2.88. The molecule has 0 aliphatic rings. The predicted molar refractivity (Wildman–Crippen MR) is 108 cm³/mol. The highest BCUT2D eigenvalue weighted by Gasteiger charge is 2.20. The Labute approximate surface area is 165 Å². The Hall–Kier alpha value is -3.15. The van der Waals surface area contributed by atoms with Crippen molar-refractivity contribution >= 4 is 23.5 Å². The van der Waals surface area contributed by atoms with Gasteiger partial charge < -0.3 is 15.0 Å². The van der Waals surface area contributed by atoms with E-state index >= 15 is 0 Å². The number of esters is 1. The van der Waals surface area contributed by atoms with Crippen molar-refractivity contribution in [1.82, 2.24) is 5.32 Å². The second-order valence-electron chi connectivity index (χ2n) is 6.36. The minimum atomic E-state index is -0.479. The standard InChI is InChI=1S/C22H26N2O4/c1-4-28-22(27)19-11-7-8-12-20(19)24(17(3)25)14-13-23-21(26)15-18-10-6-5-9-16(18)2/h5-12H,4,13-15H2,1-3H3,(H,23,26). The van der Waals surface area contributed by atoms with Crippen molar-refractivity contribution in [3.8, 4) is 0 Å². The van der Waals surface area contributed by atoms with Crippen molar-refractivity contribution < 1.29 is 19.1 Å². The number of benzene rings is 2. The summed E-state index contributed by atoms with van der Waals surface area (Å²) in [5.74, 6) is -0.811. The number of hydrogen-bond acceptors (Lipinski definition) is 4. The van der Waals surface area contributed by atoms with Gasteiger partial charge in [0.2, 0.25) is 11.8 Å². The maximum atomic E-state index is 12.2. The number of nitrogens with one attached hydrogen (secondary N) is 1. The summed E-state index contributed by atoms with van der Waals surface area (Å²) in [6, 6.07) is 14.5. The largest absolute Gasteiger partial charge is 0.462 e. The highest BCUT2D eigenvalue weighted by Crippen LogP contribution is 2.21. The van der Waals surface area contributed by atoms with Gasteiger partial charge in [0.05, 0.1) is 24.3 Å². The second-order valence-corrected chi connectivity index (χ2v) is 6.36. The van der Waals surface area contributed by atoms with Crippen LogP contribution in [0.2, 0.25) is 0 Å². The van der Waals surface area contributed by atoms with Gasteiger partial charge >= 0.3 is 5.97 Å². The van der Waals surface area contributed by atoms with E-state index in [4.69, 9.17) is 4.74 Å². The molecule has 0 heterocycles. The Bertz CT molecular complexity index is 848. The molecule has 2 aromatic rings.